The molecule has 1 saturated heterocycles. The highest BCUT2D eigenvalue weighted by Gasteiger charge is 2.56. The van der Waals surface area contributed by atoms with E-state index < -0.39 is 23.8 Å². The van der Waals surface area contributed by atoms with Gasteiger partial charge in [-0.3, -0.25) is 14.4 Å². The number of para-hydroxylation sites is 1. The zero-order valence-electron chi connectivity index (χ0n) is 18.1. The lowest BCUT2D eigenvalue weighted by Crippen LogP contribution is -2.45. The van der Waals surface area contributed by atoms with Crippen LogP contribution in [0.4, 0.5) is 5.69 Å². The van der Waals surface area contributed by atoms with Gasteiger partial charge in [0.1, 0.15) is 6.04 Å². The number of aryl methyl sites for hydroxylation is 1. The summed E-state index contributed by atoms with van der Waals surface area (Å²) in [5.41, 5.74) is 1.35. The summed E-state index contributed by atoms with van der Waals surface area (Å²) in [6.45, 7) is 4.13. The van der Waals surface area contributed by atoms with E-state index in [1.165, 1.54) is 0 Å². The van der Waals surface area contributed by atoms with E-state index in [1.807, 2.05) is 38.1 Å². The van der Waals surface area contributed by atoms with Gasteiger partial charge in [0.05, 0.1) is 22.5 Å². The smallest absolute Gasteiger partial charge is 0.247 e. The number of hydrogen-bond donors (Lipinski definition) is 3. The van der Waals surface area contributed by atoms with Crippen molar-refractivity contribution < 1.29 is 19.5 Å². The number of aliphatic hydroxyl groups is 1. The molecule has 168 valence electrons. The number of anilines is 1. The normalized spacial score (nSPS) is 27.2. The number of aliphatic hydroxyl groups excluding tert-OH is 1. The summed E-state index contributed by atoms with van der Waals surface area (Å²) in [5.74, 6) is -2.37. The lowest BCUT2D eigenvalue weighted by atomic mass is 9.70. The number of fused-ring (bicyclic) bond motifs is 1. The predicted molar refractivity (Wildman–Crippen MR) is 119 cm³/mol. The Hall–Kier alpha value is -2.38. The van der Waals surface area contributed by atoms with Gasteiger partial charge in [0.2, 0.25) is 17.7 Å². The summed E-state index contributed by atoms with van der Waals surface area (Å²) in [6, 6.07) is 4.62. The predicted octanol–water partition coefficient (Wildman–Crippen LogP) is 2.37. The first kappa shape index (κ1) is 23.3. The molecule has 0 spiro atoms. The third kappa shape index (κ3) is 4.48. The maximum Gasteiger partial charge on any atom is 0.247 e. The minimum atomic E-state index is -0.747. The topological polar surface area (TPSA) is 98.7 Å². The zero-order chi connectivity index (χ0) is 22.7. The van der Waals surface area contributed by atoms with E-state index in [1.54, 1.807) is 18.0 Å². The third-order valence-electron chi connectivity index (χ3n) is 6.37. The van der Waals surface area contributed by atoms with E-state index in [4.69, 9.17) is 16.7 Å². The fourth-order valence-electron chi connectivity index (χ4n) is 4.78. The van der Waals surface area contributed by atoms with Crippen molar-refractivity contribution >= 4 is 35.0 Å². The van der Waals surface area contributed by atoms with Crippen molar-refractivity contribution in [2.24, 2.45) is 23.7 Å². The monoisotopic (exact) mass is 447 g/mol. The molecule has 31 heavy (non-hydrogen) atoms. The van der Waals surface area contributed by atoms with Crippen molar-refractivity contribution in [3.8, 4) is 0 Å². The van der Waals surface area contributed by atoms with Crippen LogP contribution in [0.5, 0.6) is 0 Å². The fourth-order valence-corrected chi connectivity index (χ4v) is 5.05. The molecule has 0 bridgehead atoms. The van der Waals surface area contributed by atoms with Crippen LogP contribution in [0.15, 0.2) is 30.4 Å². The SMILES string of the molecule is CNC(=O)[C@H]1[C@@H]2C(=O)N(CCCCO)[C@H](C(=O)Nc3c(C)cccc3Cl)[C@H]2C=C[C@H]1C. The highest BCUT2D eigenvalue weighted by Crippen LogP contribution is 2.44. The van der Waals surface area contributed by atoms with Gasteiger partial charge in [-0.15, -0.1) is 0 Å². The van der Waals surface area contributed by atoms with E-state index >= 15 is 0 Å². The zero-order valence-corrected chi connectivity index (χ0v) is 18.9. The molecule has 0 unspecified atom stereocenters. The number of halogens is 1. The van der Waals surface area contributed by atoms with Crippen molar-refractivity contribution in [2.45, 2.75) is 32.7 Å². The second kappa shape index (κ2) is 9.83. The van der Waals surface area contributed by atoms with Gasteiger partial charge in [0.15, 0.2) is 0 Å². The Balaban J connectivity index is 1.96. The number of amides is 3. The Morgan fingerprint density at radius 3 is 2.58 bits per heavy atom. The van der Waals surface area contributed by atoms with Gasteiger partial charge in [-0.05, 0) is 37.3 Å². The van der Waals surface area contributed by atoms with Crippen LogP contribution in [0.3, 0.4) is 0 Å². The summed E-state index contributed by atoms with van der Waals surface area (Å²) in [7, 11) is 1.56. The van der Waals surface area contributed by atoms with Crippen LogP contribution in [0.2, 0.25) is 5.02 Å². The second-order valence-corrected chi connectivity index (χ2v) is 8.72. The molecule has 3 N–H and O–H groups in total. The van der Waals surface area contributed by atoms with Gasteiger partial charge in [-0.1, -0.05) is 42.8 Å². The lowest BCUT2D eigenvalue weighted by molar-refractivity contribution is -0.140. The molecule has 5 atom stereocenters. The van der Waals surface area contributed by atoms with Crippen LogP contribution in [0.25, 0.3) is 0 Å². The summed E-state index contributed by atoms with van der Waals surface area (Å²) in [5, 5.41) is 15.2. The molecule has 1 aliphatic heterocycles. The van der Waals surface area contributed by atoms with Gasteiger partial charge in [-0.25, -0.2) is 0 Å². The van der Waals surface area contributed by atoms with Crippen molar-refractivity contribution in [3.63, 3.8) is 0 Å². The third-order valence-corrected chi connectivity index (χ3v) is 6.68. The number of hydrogen-bond acceptors (Lipinski definition) is 4. The molecule has 0 radical (unpaired) electrons. The molecule has 2 aliphatic rings. The van der Waals surface area contributed by atoms with Crippen molar-refractivity contribution in [1.29, 1.82) is 0 Å². The minimum absolute atomic E-state index is 0.0162. The van der Waals surface area contributed by atoms with Crippen molar-refractivity contribution in [3.05, 3.63) is 40.9 Å². The number of carbonyl (C=O) groups is 3. The van der Waals surface area contributed by atoms with Crippen LogP contribution in [0.1, 0.15) is 25.3 Å². The Labute approximate surface area is 187 Å². The van der Waals surface area contributed by atoms with Gasteiger partial charge >= 0.3 is 0 Å². The molecule has 1 aliphatic carbocycles. The quantitative estimate of drug-likeness (QED) is 0.441. The number of unbranched alkanes of at least 4 members (excludes halogenated alkanes) is 1. The average Bonchev–Trinajstić information content (AvgIpc) is 3.02. The van der Waals surface area contributed by atoms with Gasteiger partial charge in [-0.2, -0.15) is 0 Å². The molecule has 0 saturated carbocycles. The molecule has 7 nitrogen and oxygen atoms in total. The summed E-state index contributed by atoms with van der Waals surface area (Å²) in [6.07, 6.45) is 4.93. The summed E-state index contributed by atoms with van der Waals surface area (Å²) < 4.78 is 0. The minimum Gasteiger partial charge on any atom is -0.396 e. The highest BCUT2D eigenvalue weighted by molar-refractivity contribution is 6.34. The number of carbonyl (C=O) groups excluding carboxylic acids is 3. The lowest BCUT2D eigenvalue weighted by Gasteiger charge is -2.32. The molecule has 1 heterocycles. The number of allylic oxidation sites excluding steroid dienone is 1. The van der Waals surface area contributed by atoms with Crippen LogP contribution >= 0.6 is 11.6 Å². The first-order valence-corrected chi connectivity index (χ1v) is 11.1. The van der Waals surface area contributed by atoms with Crippen molar-refractivity contribution in [2.75, 3.05) is 25.5 Å². The molecule has 1 aromatic rings. The second-order valence-electron chi connectivity index (χ2n) is 8.32. The first-order chi connectivity index (χ1) is 14.8. The van der Waals surface area contributed by atoms with E-state index in [2.05, 4.69) is 10.6 Å². The maximum atomic E-state index is 13.5. The van der Waals surface area contributed by atoms with E-state index in [9.17, 15) is 14.4 Å². The highest BCUT2D eigenvalue weighted by atomic mass is 35.5. The fraction of sp³-hybridized carbons (Fsp3) is 0.522. The van der Waals surface area contributed by atoms with Crippen LogP contribution in [-0.2, 0) is 14.4 Å². The largest absolute Gasteiger partial charge is 0.396 e. The number of rotatable bonds is 7. The number of likely N-dealkylation sites (tertiary alicyclic amines) is 1. The number of nitrogens with zero attached hydrogens (tertiary/aromatic N) is 1. The summed E-state index contributed by atoms with van der Waals surface area (Å²) >= 11 is 6.30. The van der Waals surface area contributed by atoms with E-state index in [0.717, 1.165) is 5.56 Å². The Bertz CT molecular complexity index is 867. The Morgan fingerprint density at radius 1 is 1.19 bits per heavy atom. The number of benzene rings is 1. The van der Waals surface area contributed by atoms with E-state index in [-0.39, 0.29) is 30.2 Å². The van der Waals surface area contributed by atoms with Gasteiger partial charge in [0, 0.05) is 26.1 Å². The first-order valence-electron chi connectivity index (χ1n) is 10.7. The van der Waals surface area contributed by atoms with E-state index in [0.29, 0.717) is 30.1 Å². The number of nitrogens with one attached hydrogen (secondary N) is 2. The molecule has 3 amide bonds. The van der Waals surface area contributed by atoms with Crippen LogP contribution in [0, 0.1) is 30.6 Å². The Kier molecular flexibility index (Phi) is 7.38. The maximum absolute atomic E-state index is 13.5. The molecule has 0 aromatic heterocycles. The summed E-state index contributed by atoms with van der Waals surface area (Å²) in [4.78, 5) is 41.1. The molecular formula is C23H30ClN3O4. The van der Waals surface area contributed by atoms with Gasteiger partial charge in [0.25, 0.3) is 0 Å². The van der Waals surface area contributed by atoms with Crippen LogP contribution < -0.4 is 10.6 Å². The Morgan fingerprint density at radius 2 is 1.94 bits per heavy atom. The standard InChI is InChI=1S/C23H30ClN3O4/c1-13-9-10-15-18(17(13)21(29)25-3)23(31)27(11-4-5-12-28)20(15)22(30)26-19-14(2)7-6-8-16(19)24/h6-10,13,15,17-18,20,28H,4-5,11-12H2,1-3H3,(H,25,29)(H,26,30)/t13-,15+,17-,18-,20+/m1/s1. The molecule has 8 heteroatoms. The van der Waals surface area contributed by atoms with Gasteiger partial charge < -0.3 is 20.6 Å². The molecule has 1 aromatic carbocycles. The van der Waals surface area contributed by atoms with Crippen LogP contribution in [-0.4, -0.2) is 54.0 Å². The molecular weight excluding hydrogens is 418 g/mol. The molecule has 1 fully saturated rings. The molecule has 3 rings (SSSR count). The average molecular weight is 448 g/mol. The van der Waals surface area contributed by atoms with Crippen molar-refractivity contribution in [1.82, 2.24) is 10.2 Å².